The summed E-state index contributed by atoms with van der Waals surface area (Å²) in [4.78, 5) is 39.0. The highest BCUT2D eigenvalue weighted by molar-refractivity contribution is 5.80. The second-order valence-electron chi connectivity index (χ2n) is 8.44. The van der Waals surface area contributed by atoms with Crippen LogP contribution < -0.4 is 20.1 Å². The van der Waals surface area contributed by atoms with Gasteiger partial charge in [0.25, 0.3) is 0 Å². The number of nitrogens with one attached hydrogen (secondary N) is 2. The van der Waals surface area contributed by atoms with Crippen LogP contribution in [-0.2, 0) is 20.8 Å². The van der Waals surface area contributed by atoms with E-state index in [-0.39, 0.29) is 30.2 Å². The van der Waals surface area contributed by atoms with Gasteiger partial charge < -0.3 is 25.0 Å². The zero-order valence-corrected chi connectivity index (χ0v) is 20.0. The first-order chi connectivity index (χ1) is 16.4. The van der Waals surface area contributed by atoms with Crippen molar-refractivity contribution < 1.29 is 23.9 Å². The van der Waals surface area contributed by atoms with Crippen LogP contribution in [-0.4, -0.2) is 56.0 Å². The number of piperidine rings is 1. The normalized spacial score (nSPS) is 14.7. The predicted molar refractivity (Wildman–Crippen MR) is 129 cm³/mol. The molecule has 2 aromatic carbocycles. The van der Waals surface area contributed by atoms with Gasteiger partial charge >= 0.3 is 0 Å². The van der Waals surface area contributed by atoms with E-state index in [1.54, 1.807) is 26.4 Å². The minimum Gasteiger partial charge on any atom is -0.497 e. The number of hydrogen-bond acceptors (Lipinski definition) is 5. The Morgan fingerprint density at radius 1 is 1.00 bits per heavy atom. The van der Waals surface area contributed by atoms with Crippen LogP contribution in [0.15, 0.2) is 48.5 Å². The summed E-state index contributed by atoms with van der Waals surface area (Å²) in [6.45, 7) is 2.62. The Morgan fingerprint density at radius 3 is 2.29 bits per heavy atom. The predicted octanol–water partition coefficient (Wildman–Crippen LogP) is 2.62. The van der Waals surface area contributed by atoms with Crippen molar-refractivity contribution >= 4 is 17.7 Å². The summed E-state index contributed by atoms with van der Waals surface area (Å²) in [6, 6.07) is 14.4. The molecule has 1 aliphatic heterocycles. The fourth-order valence-electron chi connectivity index (χ4n) is 4.20. The lowest BCUT2D eigenvalue weighted by Gasteiger charge is -2.33. The van der Waals surface area contributed by atoms with E-state index in [1.807, 2.05) is 41.3 Å². The number of likely N-dealkylation sites (tertiary alicyclic amines) is 1. The number of amides is 3. The molecule has 34 heavy (non-hydrogen) atoms. The molecule has 182 valence electrons. The summed E-state index contributed by atoms with van der Waals surface area (Å²) in [7, 11) is 3.19. The Kier molecular flexibility index (Phi) is 8.90. The fourth-order valence-corrected chi connectivity index (χ4v) is 4.20. The van der Waals surface area contributed by atoms with Gasteiger partial charge in [-0.15, -0.1) is 0 Å². The van der Waals surface area contributed by atoms with Crippen molar-refractivity contribution in [1.82, 2.24) is 15.5 Å². The quantitative estimate of drug-likeness (QED) is 0.591. The van der Waals surface area contributed by atoms with Gasteiger partial charge in [-0.2, -0.15) is 0 Å². The van der Waals surface area contributed by atoms with Gasteiger partial charge in [0.1, 0.15) is 11.5 Å². The number of hydrogen-bond donors (Lipinski definition) is 2. The molecule has 3 amide bonds. The number of ether oxygens (including phenoxy) is 2. The van der Waals surface area contributed by atoms with Crippen molar-refractivity contribution in [3.63, 3.8) is 0 Å². The molecule has 0 aromatic heterocycles. The highest BCUT2D eigenvalue weighted by Crippen LogP contribution is 2.22. The van der Waals surface area contributed by atoms with Gasteiger partial charge in [-0.3, -0.25) is 14.4 Å². The summed E-state index contributed by atoms with van der Waals surface area (Å²) in [5.41, 5.74) is 1.70. The highest BCUT2D eigenvalue weighted by atomic mass is 16.5. The van der Waals surface area contributed by atoms with Crippen molar-refractivity contribution in [2.75, 3.05) is 27.3 Å². The third kappa shape index (κ3) is 6.97. The Labute approximate surface area is 200 Å². The number of nitrogens with zero attached hydrogens (tertiary/aromatic N) is 1. The Balaban J connectivity index is 1.50. The third-order valence-corrected chi connectivity index (χ3v) is 6.03. The monoisotopic (exact) mass is 467 g/mol. The Hall–Kier alpha value is -3.55. The van der Waals surface area contributed by atoms with Gasteiger partial charge in [0.15, 0.2) is 0 Å². The summed E-state index contributed by atoms with van der Waals surface area (Å²) >= 11 is 0. The lowest BCUT2D eigenvalue weighted by Crippen LogP contribution is -2.47. The average molecular weight is 468 g/mol. The van der Waals surface area contributed by atoms with Crippen LogP contribution in [0.5, 0.6) is 11.5 Å². The van der Waals surface area contributed by atoms with Crippen molar-refractivity contribution in [2.24, 2.45) is 0 Å². The van der Waals surface area contributed by atoms with Crippen LogP contribution in [0.2, 0.25) is 0 Å². The summed E-state index contributed by atoms with van der Waals surface area (Å²) < 4.78 is 10.5. The molecule has 8 nitrogen and oxygen atoms in total. The minimum atomic E-state index is -0.425. The van der Waals surface area contributed by atoms with Crippen LogP contribution in [0, 0.1) is 0 Å². The molecule has 0 radical (unpaired) electrons. The maximum atomic E-state index is 12.7. The molecule has 1 atom stereocenters. The molecule has 0 aliphatic carbocycles. The average Bonchev–Trinajstić information content (AvgIpc) is 2.84. The van der Waals surface area contributed by atoms with Crippen LogP contribution in [0.4, 0.5) is 0 Å². The molecule has 3 rings (SSSR count). The van der Waals surface area contributed by atoms with E-state index in [2.05, 4.69) is 10.6 Å². The molecule has 1 unspecified atom stereocenters. The number of carbonyl (C=O) groups excluding carboxylic acids is 3. The zero-order chi connectivity index (χ0) is 24.5. The first kappa shape index (κ1) is 25.1. The van der Waals surface area contributed by atoms with Gasteiger partial charge in [-0.05, 0) is 36.6 Å². The van der Waals surface area contributed by atoms with Crippen LogP contribution >= 0.6 is 0 Å². The molecule has 1 aliphatic rings. The number of rotatable bonds is 9. The van der Waals surface area contributed by atoms with Gasteiger partial charge in [0, 0.05) is 31.6 Å². The molecule has 1 saturated heterocycles. The van der Waals surface area contributed by atoms with E-state index in [4.69, 9.17) is 9.47 Å². The smallest absolute Gasteiger partial charge is 0.227 e. The SMILES string of the molecule is COc1ccc(C(CC(=O)NC2CCN(C(=O)Cc3ccccc3OC)CC2)NC(C)=O)cc1. The van der Waals surface area contributed by atoms with E-state index >= 15 is 0 Å². The highest BCUT2D eigenvalue weighted by Gasteiger charge is 2.26. The maximum absolute atomic E-state index is 12.7. The Morgan fingerprint density at radius 2 is 1.68 bits per heavy atom. The summed E-state index contributed by atoms with van der Waals surface area (Å²) in [5.74, 6) is 1.15. The molecule has 2 aromatic rings. The standard InChI is InChI=1S/C26H33N3O5/c1-18(30)27-23(19-8-10-22(33-2)11-9-19)17-25(31)28-21-12-14-29(15-13-21)26(32)16-20-6-4-5-7-24(20)34-3/h4-11,21,23H,12-17H2,1-3H3,(H,27,30)(H,28,31). The lowest BCUT2D eigenvalue weighted by atomic mass is 10.0. The van der Waals surface area contributed by atoms with Gasteiger partial charge in [0.2, 0.25) is 17.7 Å². The molecule has 0 spiro atoms. The summed E-state index contributed by atoms with van der Waals surface area (Å²) in [6.07, 6.45) is 1.81. The minimum absolute atomic E-state index is 0.00310. The second-order valence-corrected chi connectivity index (χ2v) is 8.44. The molecule has 2 N–H and O–H groups in total. The van der Waals surface area contributed by atoms with E-state index in [9.17, 15) is 14.4 Å². The van der Waals surface area contributed by atoms with Crippen molar-refractivity contribution in [3.05, 3.63) is 59.7 Å². The number of para-hydroxylation sites is 1. The van der Waals surface area contributed by atoms with Crippen LogP contribution in [0.25, 0.3) is 0 Å². The zero-order valence-electron chi connectivity index (χ0n) is 20.0. The molecule has 1 fully saturated rings. The summed E-state index contributed by atoms with van der Waals surface area (Å²) in [5, 5.41) is 5.92. The fraction of sp³-hybridized carbons (Fsp3) is 0.423. The number of benzene rings is 2. The van der Waals surface area contributed by atoms with Gasteiger partial charge in [-0.25, -0.2) is 0 Å². The van der Waals surface area contributed by atoms with E-state index in [0.29, 0.717) is 43.9 Å². The van der Waals surface area contributed by atoms with Crippen molar-refractivity contribution in [1.29, 1.82) is 0 Å². The van der Waals surface area contributed by atoms with Gasteiger partial charge in [0.05, 0.1) is 33.1 Å². The maximum Gasteiger partial charge on any atom is 0.227 e. The van der Waals surface area contributed by atoms with E-state index in [0.717, 1.165) is 11.1 Å². The molecule has 0 saturated carbocycles. The van der Waals surface area contributed by atoms with Crippen LogP contribution in [0.3, 0.4) is 0 Å². The van der Waals surface area contributed by atoms with Crippen molar-refractivity contribution in [3.8, 4) is 11.5 Å². The van der Waals surface area contributed by atoms with Crippen molar-refractivity contribution in [2.45, 2.75) is 44.7 Å². The molecule has 0 bridgehead atoms. The number of carbonyl (C=O) groups is 3. The molecular formula is C26H33N3O5. The Bertz CT molecular complexity index is 984. The van der Waals surface area contributed by atoms with E-state index < -0.39 is 6.04 Å². The van der Waals surface area contributed by atoms with Crippen LogP contribution in [0.1, 0.15) is 43.4 Å². The largest absolute Gasteiger partial charge is 0.497 e. The first-order valence-corrected chi connectivity index (χ1v) is 11.5. The molecule has 1 heterocycles. The van der Waals surface area contributed by atoms with E-state index in [1.165, 1.54) is 6.92 Å². The lowest BCUT2D eigenvalue weighted by molar-refractivity contribution is -0.131. The molecule has 8 heteroatoms. The molecular weight excluding hydrogens is 434 g/mol. The number of methoxy groups -OCH3 is 2. The van der Waals surface area contributed by atoms with Gasteiger partial charge in [-0.1, -0.05) is 30.3 Å². The topological polar surface area (TPSA) is 97.0 Å². The second kappa shape index (κ2) is 12.1. The third-order valence-electron chi connectivity index (χ3n) is 6.03. The first-order valence-electron chi connectivity index (χ1n) is 11.5.